The van der Waals surface area contributed by atoms with Crippen LogP contribution in [0.4, 0.5) is 4.79 Å². The van der Waals surface area contributed by atoms with Crippen LogP contribution in [0.2, 0.25) is 0 Å². The number of hydrogen-bond acceptors (Lipinski definition) is 2. The first-order valence-electron chi connectivity index (χ1n) is 3.68. The van der Waals surface area contributed by atoms with Crippen LogP contribution in [0.25, 0.3) is 0 Å². The van der Waals surface area contributed by atoms with Gasteiger partial charge in [-0.15, -0.1) is 0 Å². The molecule has 1 rings (SSSR count). The number of urea groups is 1. The maximum atomic E-state index is 10.5. The van der Waals surface area contributed by atoms with Crippen molar-refractivity contribution in [2.24, 2.45) is 5.73 Å². The lowest BCUT2D eigenvalue weighted by molar-refractivity contribution is 0.119. The van der Waals surface area contributed by atoms with Gasteiger partial charge in [-0.1, -0.05) is 0 Å². The average molecular weight is 191 g/mol. The number of primary amides is 1. The molecular formula is C7H11ClN2O2. The van der Waals surface area contributed by atoms with Gasteiger partial charge in [0, 0.05) is 6.42 Å². The fraction of sp³-hybridized carbons (Fsp3) is 0.571. The van der Waals surface area contributed by atoms with E-state index in [4.69, 9.17) is 22.1 Å². The van der Waals surface area contributed by atoms with Crippen LogP contribution in [0.15, 0.2) is 11.3 Å². The van der Waals surface area contributed by atoms with Crippen LogP contribution in [-0.4, -0.2) is 18.2 Å². The fourth-order valence-electron chi connectivity index (χ4n) is 1.15. The van der Waals surface area contributed by atoms with Crippen molar-refractivity contribution in [1.82, 2.24) is 5.32 Å². The molecule has 1 aliphatic heterocycles. The lowest BCUT2D eigenvalue weighted by atomic mass is 10.1. The van der Waals surface area contributed by atoms with E-state index in [-0.39, 0.29) is 12.1 Å². The Hall–Kier alpha value is -0.900. The number of halogens is 1. The molecule has 0 aromatic rings. The van der Waals surface area contributed by atoms with Crippen molar-refractivity contribution in [3.05, 3.63) is 11.3 Å². The summed E-state index contributed by atoms with van der Waals surface area (Å²) in [6.45, 7) is 1.88. The van der Waals surface area contributed by atoms with Gasteiger partial charge in [-0.05, 0) is 24.6 Å². The minimum Gasteiger partial charge on any atom is -0.480 e. The van der Waals surface area contributed by atoms with Crippen LogP contribution < -0.4 is 11.1 Å². The van der Waals surface area contributed by atoms with Crippen molar-refractivity contribution in [2.45, 2.75) is 25.5 Å². The highest BCUT2D eigenvalue weighted by molar-refractivity contribution is 6.28. The summed E-state index contributed by atoms with van der Waals surface area (Å²) in [5.41, 5.74) is 4.95. The highest BCUT2D eigenvalue weighted by Crippen LogP contribution is 2.19. The summed E-state index contributed by atoms with van der Waals surface area (Å²) in [5, 5.41) is 2.85. The molecule has 2 amide bonds. The molecule has 0 aliphatic carbocycles. The number of carbonyl (C=O) groups is 1. The van der Waals surface area contributed by atoms with E-state index in [1.807, 2.05) is 6.92 Å². The lowest BCUT2D eigenvalue weighted by Crippen LogP contribution is -2.41. The third-order valence-electron chi connectivity index (χ3n) is 1.56. The summed E-state index contributed by atoms with van der Waals surface area (Å²) >= 11 is 5.64. The number of amides is 2. The minimum atomic E-state index is -0.546. The summed E-state index contributed by atoms with van der Waals surface area (Å²) in [6, 6.07) is -0.659. The van der Waals surface area contributed by atoms with Crippen molar-refractivity contribution in [2.75, 3.05) is 0 Å². The normalized spacial score (nSPS) is 28.7. The summed E-state index contributed by atoms with van der Waals surface area (Å²) in [7, 11) is 0. The molecule has 12 heavy (non-hydrogen) atoms. The second-order valence-electron chi connectivity index (χ2n) is 2.75. The van der Waals surface area contributed by atoms with Gasteiger partial charge in [0.25, 0.3) is 0 Å². The van der Waals surface area contributed by atoms with Gasteiger partial charge in [0.1, 0.15) is 0 Å². The van der Waals surface area contributed by atoms with E-state index >= 15 is 0 Å². The Morgan fingerprint density at radius 3 is 3.08 bits per heavy atom. The molecule has 5 heteroatoms. The van der Waals surface area contributed by atoms with Crippen molar-refractivity contribution in [1.29, 1.82) is 0 Å². The number of nitrogens with one attached hydrogen (secondary N) is 1. The molecule has 3 N–H and O–H groups in total. The van der Waals surface area contributed by atoms with Gasteiger partial charge in [-0.2, -0.15) is 0 Å². The predicted octanol–water partition coefficient (Wildman–Crippen LogP) is 0.912. The van der Waals surface area contributed by atoms with E-state index < -0.39 is 6.03 Å². The Morgan fingerprint density at radius 2 is 2.58 bits per heavy atom. The maximum absolute atomic E-state index is 10.5. The van der Waals surface area contributed by atoms with Gasteiger partial charge in [0.05, 0.1) is 12.1 Å². The quantitative estimate of drug-likeness (QED) is 0.646. The van der Waals surface area contributed by atoms with E-state index in [0.29, 0.717) is 11.6 Å². The third kappa shape index (κ3) is 2.62. The summed E-state index contributed by atoms with van der Waals surface area (Å²) in [5.74, 6) is 0. The third-order valence-corrected chi connectivity index (χ3v) is 1.77. The van der Waals surface area contributed by atoms with Crippen LogP contribution in [-0.2, 0) is 4.74 Å². The van der Waals surface area contributed by atoms with Gasteiger partial charge < -0.3 is 15.8 Å². The van der Waals surface area contributed by atoms with Gasteiger partial charge in [0.2, 0.25) is 0 Å². The molecule has 68 valence electrons. The Labute approximate surface area is 75.7 Å². The minimum absolute atomic E-state index is 0.0133. The zero-order chi connectivity index (χ0) is 9.14. The average Bonchev–Trinajstić information content (AvgIpc) is 1.81. The fourth-order valence-corrected chi connectivity index (χ4v) is 1.45. The zero-order valence-corrected chi connectivity index (χ0v) is 7.47. The molecule has 0 saturated carbocycles. The van der Waals surface area contributed by atoms with Crippen molar-refractivity contribution < 1.29 is 9.53 Å². The van der Waals surface area contributed by atoms with Crippen molar-refractivity contribution in [3.8, 4) is 0 Å². The van der Waals surface area contributed by atoms with Crippen LogP contribution in [0.3, 0.4) is 0 Å². The molecule has 1 aliphatic rings. The summed E-state index contributed by atoms with van der Waals surface area (Å²) in [6.07, 6.45) is 2.34. The molecule has 0 radical (unpaired) electrons. The molecule has 2 unspecified atom stereocenters. The standard InChI is InChI=1S/C7H11ClN2O2/c1-4-2-5(10-7(9)11)3-6(8)12-4/h3-5H,2H2,1H3,(H3,9,10,11). The smallest absolute Gasteiger partial charge is 0.312 e. The monoisotopic (exact) mass is 190 g/mol. The number of nitrogens with two attached hydrogens (primary N) is 1. The zero-order valence-electron chi connectivity index (χ0n) is 6.71. The van der Waals surface area contributed by atoms with Gasteiger partial charge in [-0.25, -0.2) is 4.79 Å². The van der Waals surface area contributed by atoms with E-state index in [9.17, 15) is 4.79 Å². The maximum Gasteiger partial charge on any atom is 0.312 e. The Kier molecular flexibility index (Phi) is 2.81. The molecule has 0 aromatic carbocycles. The van der Waals surface area contributed by atoms with E-state index in [1.165, 1.54) is 0 Å². The highest BCUT2D eigenvalue weighted by atomic mass is 35.5. The number of ether oxygens (including phenoxy) is 1. The van der Waals surface area contributed by atoms with Crippen molar-refractivity contribution in [3.63, 3.8) is 0 Å². The Bertz CT molecular complexity index is 217. The topological polar surface area (TPSA) is 64.3 Å². The molecule has 0 bridgehead atoms. The van der Waals surface area contributed by atoms with E-state index in [0.717, 1.165) is 0 Å². The van der Waals surface area contributed by atoms with Crippen LogP contribution in [0.5, 0.6) is 0 Å². The molecule has 4 nitrogen and oxygen atoms in total. The summed E-state index contributed by atoms with van der Waals surface area (Å²) < 4.78 is 5.13. The van der Waals surface area contributed by atoms with Crippen LogP contribution >= 0.6 is 11.6 Å². The molecule has 0 spiro atoms. The predicted molar refractivity (Wildman–Crippen MR) is 45.6 cm³/mol. The lowest BCUT2D eigenvalue weighted by Gasteiger charge is -2.24. The molecule has 0 fully saturated rings. The highest BCUT2D eigenvalue weighted by Gasteiger charge is 2.19. The van der Waals surface area contributed by atoms with Gasteiger partial charge in [0.15, 0.2) is 5.22 Å². The first-order chi connectivity index (χ1) is 5.58. The van der Waals surface area contributed by atoms with Crippen LogP contribution in [0.1, 0.15) is 13.3 Å². The number of rotatable bonds is 1. The number of carbonyl (C=O) groups excluding carboxylic acids is 1. The van der Waals surface area contributed by atoms with E-state index in [2.05, 4.69) is 5.32 Å². The number of hydrogen-bond donors (Lipinski definition) is 2. The first-order valence-corrected chi connectivity index (χ1v) is 4.05. The van der Waals surface area contributed by atoms with Crippen molar-refractivity contribution >= 4 is 17.6 Å². The molecule has 2 atom stereocenters. The van der Waals surface area contributed by atoms with Gasteiger partial charge in [-0.3, -0.25) is 0 Å². The second-order valence-corrected chi connectivity index (χ2v) is 3.12. The molecule has 1 heterocycles. The Morgan fingerprint density at radius 1 is 1.92 bits per heavy atom. The van der Waals surface area contributed by atoms with Gasteiger partial charge >= 0.3 is 6.03 Å². The molecule has 0 aromatic heterocycles. The summed E-state index contributed by atoms with van der Waals surface area (Å²) in [4.78, 5) is 10.5. The largest absolute Gasteiger partial charge is 0.480 e. The Balaban J connectivity index is 2.54. The molecule has 0 saturated heterocycles. The first kappa shape index (κ1) is 9.19. The SMILES string of the molecule is CC1CC(NC(N)=O)C=C(Cl)O1. The van der Waals surface area contributed by atoms with Crippen LogP contribution in [0, 0.1) is 0 Å². The molecular weight excluding hydrogens is 180 g/mol. The second kappa shape index (κ2) is 3.67. The van der Waals surface area contributed by atoms with E-state index in [1.54, 1.807) is 6.08 Å².